The summed E-state index contributed by atoms with van der Waals surface area (Å²) in [5, 5.41) is 0. The lowest BCUT2D eigenvalue weighted by molar-refractivity contribution is 0.0556. The van der Waals surface area contributed by atoms with Crippen molar-refractivity contribution in [2.75, 3.05) is 14.1 Å². The van der Waals surface area contributed by atoms with E-state index in [1.807, 2.05) is 0 Å². The van der Waals surface area contributed by atoms with E-state index in [0.717, 1.165) is 11.8 Å². The Labute approximate surface area is 103 Å². The van der Waals surface area contributed by atoms with Crippen molar-refractivity contribution in [3.63, 3.8) is 0 Å². The maximum absolute atomic E-state index is 2.52. The maximum atomic E-state index is 2.52. The van der Waals surface area contributed by atoms with Crippen LogP contribution in [0.3, 0.4) is 0 Å². The van der Waals surface area contributed by atoms with Gasteiger partial charge in [0.05, 0.1) is 0 Å². The number of nitrogens with zero attached hydrogens (tertiary/aromatic N) is 1. The van der Waals surface area contributed by atoms with Gasteiger partial charge in [0, 0.05) is 5.54 Å². The van der Waals surface area contributed by atoms with Crippen LogP contribution >= 0.6 is 0 Å². The normalized spacial score (nSPS) is 31.3. The van der Waals surface area contributed by atoms with Gasteiger partial charge in [-0.15, -0.1) is 0 Å². The minimum Gasteiger partial charge on any atom is -0.304 e. The number of hydrogen-bond acceptors (Lipinski definition) is 1. The van der Waals surface area contributed by atoms with Crippen LogP contribution in [0.1, 0.15) is 65.7 Å². The van der Waals surface area contributed by atoms with Crippen LogP contribution in [0.4, 0.5) is 0 Å². The number of rotatable bonds is 5. The Morgan fingerprint density at radius 2 is 1.62 bits per heavy atom. The van der Waals surface area contributed by atoms with Crippen molar-refractivity contribution in [2.24, 2.45) is 11.8 Å². The Hall–Kier alpha value is -0.0400. The van der Waals surface area contributed by atoms with Gasteiger partial charge in [-0.1, -0.05) is 33.6 Å². The van der Waals surface area contributed by atoms with Crippen LogP contribution in [0, 0.1) is 11.8 Å². The molecule has 1 aliphatic rings. The van der Waals surface area contributed by atoms with Crippen LogP contribution in [0.5, 0.6) is 0 Å². The molecule has 0 N–H and O–H groups in total. The highest BCUT2D eigenvalue weighted by molar-refractivity contribution is 4.93. The summed E-state index contributed by atoms with van der Waals surface area (Å²) in [6.07, 6.45) is 9.80. The Morgan fingerprint density at radius 3 is 2.00 bits per heavy atom. The van der Waals surface area contributed by atoms with E-state index in [0.29, 0.717) is 5.54 Å². The Morgan fingerprint density at radius 1 is 1.12 bits per heavy atom. The maximum Gasteiger partial charge on any atom is 0.0206 e. The largest absolute Gasteiger partial charge is 0.304 e. The SMILES string of the molecule is CCC(CC)CC1(N(C)C)CCC(C)CC1. The average Bonchev–Trinajstić information content (AvgIpc) is 2.28. The molecule has 16 heavy (non-hydrogen) atoms. The van der Waals surface area contributed by atoms with Crippen molar-refractivity contribution < 1.29 is 0 Å². The van der Waals surface area contributed by atoms with Crippen LogP contribution in [-0.2, 0) is 0 Å². The summed E-state index contributed by atoms with van der Waals surface area (Å²) in [6, 6.07) is 0. The molecule has 0 aliphatic heterocycles. The highest BCUT2D eigenvalue weighted by Gasteiger charge is 2.37. The second kappa shape index (κ2) is 6.05. The fourth-order valence-electron chi connectivity index (χ4n) is 3.25. The van der Waals surface area contributed by atoms with E-state index in [9.17, 15) is 0 Å². The molecule has 0 heterocycles. The van der Waals surface area contributed by atoms with Crippen LogP contribution in [0.15, 0.2) is 0 Å². The molecule has 1 aliphatic carbocycles. The van der Waals surface area contributed by atoms with Gasteiger partial charge in [0.15, 0.2) is 0 Å². The Bertz CT molecular complexity index is 186. The molecule has 1 saturated carbocycles. The van der Waals surface area contributed by atoms with Crippen molar-refractivity contribution in [3.8, 4) is 0 Å². The predicted octanol–water partition coefficient (Wildman–Crippen LogP) is 4.32. The van der Waals surface area contributed by atoms with Gasteiger partial charge < -0.3 is 4.90 Å². The first-order valence-electron chi connectivity index (χ1n) is 7.21. The Balaban J connectivity index is 2.65. The lowest BCUT2D eigenvalue weighted by Crippen LogP contribution is -2.48. The summed E-state index contributed by atoms with van der Waals surface area (Å²) in [4.78, 5) is 2.52. The molecule has 0 aromatic heterocycles. The molecule has 0 aromatic carbocycles. The molecular formula is C15H31N. The van der Waals surface area contributed by atoms with E-state index < -0.39 is 0 Å². The van der Waals surface area contributed by atoms with E-state index in [1.54, 1.807) is 0 Å². The summed E-state index contributed by atoms with van der Waals surface area (Å²) < 4.78 is 0. The quantitative estimate of drug-likeness (QED) is 0.673. The lowest BCUT2D eigenvalue weighted by Gasteiger charge is -2.46. The van der Waals surface area contributed by atoms with Gasteiger partial charge in [-0.2, -0.15) is 0 Å². The van der Waals surface area contributed by atoms with Gasteiger partial charge in [-0.05, 0) is 58.0 Å². The van der Waals surface area contributed by atoms with E-state index in [2.05, 4.69) is 39.8 Å². The van der Waals surface area contributed by atoms with Gasteiger partial charge in [0.2, 0.25) is 0 Å². The van der Waals surface area contributed by atoms with Gasteiger partial charge in [0.25, 0.3) is 0 Å². The van der Waals surface area contributed by atoms with Gasteiger partial charge in [-0.25, -0.2) is 0 Å². The average molecular weight is 225 g/mol. The molecule has 96 valence electrons. The van der Waals surface area contributed by atoms with Crippen molar-refractivity contribution in [3.05, 3.63) is 0 Å². The number of hydrogen-bond donors (Lipinski definition) is 0. The zero-order chi connectivity index (χ0) is 12.2. The zero-order valence-electron chi connectivity index (χ0n) is 12.1. The zero-order valence-corrected chi connectivity index (χ0v) is 12.1. The molecule has 0 atom stereocenters. The highest BCUT2D eigenvalue weighted by Crippen LogP contribution is 2.40. The second-order valence-corrected chi connectivity index (χ2v) is 6.19. The fourth-order valence-corrected chi connectivity index (χ4v) is 3.25. The molecule has 1 rings (SSSR count). The summed E-state index contributed by atoms with van der Waals surface area (Å²) in [5.74, 6) is 1.88. The van der Waals surface area contributed by atoms with Gasteiger partial charge >= 0.3 is 0 Å². The van der Waals surface area contributed by atoms with Gasteiger partial charge in [-0.3, -0.25) is 0 Å². The highest BCUT2D eigenvalue weighted by atomic mass is 15.1. The monoisotopic (exact) mass is 225 g/mol. The van der Waals surface area contributed by atoms with Crippen LogP contribution < -0.4 is 0 Å². The first-order valence-corrected chi connectivity index (χ1v) is 7.21. The molecule has 0 bridgehead atoms. The van der Waals surface area contributed by atoms with Crippen LogP contribution in [0.2, 0.25) is 0 Å². The second-order valence-electron chi connectivity index (χ2n) is 6.19. The topological polar surface area (TPSA) is 3.24 Å². The van der Waals surface area contributed by atoms with E-state index >= 15 is 0 Å². The summed E-state index contributed by atoms with van der Waals surface area (Å²) in [5.41, 5.74) is 0.517. The molecular weight excluding hydrogens is 194 g/mol. The van der Waals surface area contributed by atoms with Crippen molar-refractivity contribution in [1.82, 2.24) is 4.90 Å². The van der Waals surface area contributed by atoms with E-state index in [1.165, 1.54) is 44.9 Å². The first kappa shape index (κ1) is 14.0. The lowest BCUT2D eigenvalue weighted by atomic mass is 9.71. The molecule has 0 radical (unpaired) electrons. The van der Waals surface area contributed by atoms with Crippen LogP contribution in [0.25, 0.3) is 0 Å². The third kappa shape index (κ3) is 3.23. The Kier molecular flexibility index (Phi) is 5.30. The molecule has 0 saturated heterocycles. The molecule has 1 heteroatoms. The van der Waals surface area contributed by atoms with Crippen LogP contribution in [-0.4, -0.2) is 24.5 Å². The third-order valence-electron chi connectivity index (χ3n) is 4.98. The standard InChI is InChI=1S/C15H31N/c1-6-14(7-2)12-15(16(4)5)10-8-13(3)9-11-15/h13-14H,6-12H2,1-5H3. The van der Waals surface area contributed by atoms with Crippen molar-refractivity contribution in [1.29, 1.82) is 0 Å². The molecule has 0 aromatic rings. The molecule has 0 amide bonds. The molecule has 1 fully saturated rings. The minimum atomic E-state index is 0.517. The fraction of sp³-hybridized carbons (Fsp3) is 1.00. The van der Waals surface area contributed by atoms with Gasteiger partial charge in [0.1, 0.15) is 0 Å². The summed E-state index contributed by atoms with van der Waals surface area (Å²) in [7, 11) is 4.58. The van der Waals surface area contributed by atoms with Crippen molar-refractivity contribution in [2.45, 2.75) is 71.3 Å². The minimum absolute atomic E-state index is 0.517. The summed E-state index contributed by atoms with van der Waals surface area (Å²) >= 11 is 0. The van der Waals surface area contributed by atoms with E-state index in [4.69, 9.17) is 0 Å². The first-order chi connectivity index (χ1) is 7.54. The smallest absolute Gasteiger partial charge is 0.0206 e. The van der Waals surface area contributed by atoms with Crippen molar-refractivity contribution >= 4 is 0 Å². The predicted molar refractivity (Wildman–Crippen MR) is 72.7 cm³/mol. The molecule has 0 spiro atoms. The molecule has 0 unspecified atom stereocenters. The third-order valence-corrected chi connectivity index (χ3v) is 4.98. The summed E-state index contributed by atoms with van der Waals surface area (Å²) in [6.45, 7) is 7.11. The van der Waals surface area contributed by atoms with E-state index in [-0.39, 0.29) is 0 Å². The molecule has 1 nitrogen and oxygen atoms in total.